The van der Waals surface area contributed by atoms with Gasteiger partial charge in [0.25, 0.3) is 0 Å². The third kappa shape index (κ3) is 4.54. The summed E-state index contributed by atoms with van der Waals surface area (Å²) in [6, 6.07) is 20.7. The molecule has 3 aromatic carbocycles. The molecule has 0 atom stereocenters. The van der Waals surface area contributed by atoms with Crippen molar-refractivity contribution in [3.05, 3.63) is 66.7 Å². The van der Waals surface area contributed by atoms with Crippen molar-refractivity contribution in [2.45, 2.75) is 9.79 Å². The molecule has 0 spiro atoms. The van der Waals surface area contributed by atoms with Gasteiger partial charge in [-0.25, -0.2) is 13.1 Å². The second kappa shape index (κ2) is 7.91. The Bertz CT molecular complexity index is 954. The van der Waals surface area contributed by atoms with Gasteiger partial charge in [-0.05, 0) is 53.4 Å². The number of hydrogen-bond acceptors (Lipinski definition) is 4. The molecule has 0 saturated carbocycles. The molecule has 0 fully saturated rings. The summed E-state index contributed by atoms with van der Waals surface area (Å²) in [5, 5.41) is 2.23. The standard InChI is InChI=1S/C19H19NO3S2/c1-24-18-8-10-19(11-9-18)25(21,22)20-12-13-23-17-7-6-15-4-2-3-5-16(15)14-17/h2-11,14,20H,12-13H2,1H3. The lowest BCUT2D eigenvalue weighted by Crippen LogP contribution is -2.28. The first-order valence-corrected chi connectivity index (χ1v) is 10.5. The summed E-state index contributed by atoms with van der Waals surface area (Å²) in [5.41, 5.74) is 0. The van der Waals surface area contributed by atoms with Crippen molar-refractivity contribution < 1.29 is 13.2 Å². The monoisotopic (exact) mass is 373 g/mol. The Labute approximate surface area is 152 Å². The molecule has 0 aliphatic heterocycles. The number of sulfonamides is 1. The Morgan fingerprint density at radius 2 is 1.68 bits per heavy atom. The highest BCUT2D eigenvalue weighted by molar-refractivity contribution is 7.98. The first-order valence-electron chi connectivity index (χ1n) is 7.84. The topological polar surface area (TPSA) is 55.4 Å². The van der Waals surface area contributed by atoms with Crippen LogP contribution in [0.25, 0.3) is 10.8 Å². The second-order valence-corrected chi connectivity index (χ2v) is 8.08. The number of benzene rings is 3. The van der Waals surface area contributed by atoms with Crippen LogP contribution < -0.4 is 9.46 Å². The fraction of sp³-hybridized carbons (Fsp3) is 0.158. The normalized spacial score (nSPS) is 11.6. The van der Waals surface area contributed by atoms with E-state index in [9.17, 15) is 8.42 Å². The van der Waals surface area contributed by atoms with Gasteiger partial charge < -0.3 is 4.74 Å². The van der Waals surface area contributed by atoms with E-state index in [1.807, 2.05) is 48.7 Å². The molecule has 1 N–H and O–H groups in total. The number of rotatable bonds is 7. The van der Waals surface area contributed by atoms with Crippen LogP contribution in [0.2, 0.25) is 0 Å². The highest BCUT2D eigenvalue weighted by Crippen LogP contribution is 2.20. The molecule has 25 heavy (non-hydrogen) atoms. The maximum Gasteiger partial charge on any atom is 0.240 e. The fourth-order valence-corrected chi connectivity index (χ4v) is 3.86. The summed E-state index contributed by atoms with van der Waals surface area (Å²) in [6.45, 7) is 0.472. The maximum atomic E-state index is 12.2. The zero-order valence-corrected chi connectivity index (χ0v) is 15.4. The lowest BCUT2D eigenvalue weighted by atomic mass is 10.1. The number of ether oxygens (including phenoxy) is 1. The third-order valence-corrected chi connectivity index (χ3v) is 5.97. The van der Waals surface area contributed by atoms with Crippen LogP contribution in [0.4, 0.5) is 0 Å². The van der Waals surface area contributed by atoms with Gasteiger partial charge in [0.05, 0.1) is 4.90 Å². The van der Waals surface area contributed by atoms with Crippen LogP contribution in [0.5, 0.6) is 5.75 Å². The van der Waals surface area contributed by atoms with Crippen molar-refractivity contribution in [3.8, 4) is 5.75 Å². The van der Waals surface area contributed by atoms with Gasteiger partial charge in [-0.15, -0.1) is 11.8 Å². The largest absolute Gasteiger partial charge is 0.492 e. The molecular formula is C19H19NO3S2. The first kappa shape index (κ1) is 17.8. The van der Waals surface area contributed by atoms with Crippen LogP contribution in [-0.4, -0.2) is 27.8 Å². The van der Waals surface area contributed by atoms with E-state index < -0.39 is 10.0 Å². The van der Waals surface area contributed by atoms with Crippen molar-refractivity contribution in [1.29, 1.82) is 0 Å². The molecule has 0 saturated heterocycles. The maximum absolute atomic E-state index is 12.2. The number of thioether (sulfide) groups is 1. The Kier molecular flexibility index (Phi) is 5.63. The predicted molar refractivity (Wildman–Crippen MR) is 103 cm³/mol. The molecular weight excluding hydrogens is 354 g/mol. The molecule has 0 unspecified atom stereocenters. The zero-order valence-electron chi connectivity index (χ0n) is 13.8. The Balaban J connectivity index is 1.56. The second-order valence-electron chi connectivity index (χ2n) is 5.43. The molecule has 0 aliphatic rings. The van der Waals surface area contributed by atoms with Gasteiger partial charge in [0.1, 0.15) is 12.4 Å². The zero-order chi connectivity index (χ0) is 17.7. The van der Waals surface area contributed by atoms with E-state index in [0.29, 0.717) is 0 Å². The summed E-state index contributed by atoms with van der Waals surface area (Å²) in [7, 11) is -3.51. The average molecular weight is 373 g/mol. The van der Waals surface area contributed by atoms with Crippen molar-refractivity contribution in [2.24, 2.45) is 0 Å². The quantitative estimate of drug-likeness (QED) is 0.504. The van der Waals surface area contributed by atoms with Crippen molar-refractivity contribution in [1.82, 2.24) is 4.72 Å². The Hall–Kier alpha value is -2.02. The molecule has 6 heteroatoms. The van der Waals surface area contributed by atoms with E-state index in [-0.39, 0.29) is 18.0 Å². The minimum atomic E-state index is -3.51. The van der Waals surface area contributed by atoms with Crippen molar-refractivity contribution in [3.63, 3.8) is 0 Å². The molecule has 0 bridgehead atoms. The fourth-order valence-electron chi connectivity index (χ4n) is 2.44. The van der Waals surface area contributed by atoms with E-state index in [2.05, 4.69) is 4.72 Å². The van der Waals surface area contributed by atoms with Gasteiger partial charge in [0.2, 0.25) is 10.0 Å². The lowest BCUT2D eigenvalue weighted by molar-refractivity contribution is 0.323. The van der Waals surface area contributed by atoms with Crippen molar-refractivity contribution in [2.75, 3.05) is 19.4 Å². The highest BCUT2D eigenvalue weighted by Gasteiger charge is 2.13. The molecule has 3 rings (SSSR count). The minimum Gasteiger partial charge on any atom is -0.492 e. The Morgan fingerprint density at radius 1 is 0.960 bits per heavy atom. The SMILES string of the molecule is CSc1ccc(S(=O)(=O)NCCOc2ccc3ccccc3c2)cc1. The molecule has 0 radical (unpaired) electrons. The van der Waals surface area contributed by atoms with Crippen molar-refractivity contribution >= 4 is 32.6 Å². The number of fused-ring (bicyclic) bond motifs is 1. The molecule has 0 aliphatic carbocycles. The van der Waals surface area contributed by atoms with Crippen LogP contribution >= 0.6 is 11.8 Å². The van der Waals surface area contributed by atoms with E-state index in [0.717, 1.165) is 21.4 Å². The molecule has 0 amide bonds. The molecule has 3 aromatic rings. The summed E-state index contributed by atoms with van der Waals surface area (Å²) < 4.78 is 32.7. The third-order valence-electron chi connectivity index (χ3n) is 3.75. The molecule has 0 heterocycles. The van der Waals surface area contributed by atoms with E-state index in [1.165, 1.54) is 0 Å². The van der Waals surface area contributed by atoms with E-state index in [1.54, 1.807) is 36.0 Å². The highest BCUT2D eigenvalue weighted by atomic mass is 32.2. The lowest BCUT2D eigenvalue weighted by Gasteiger charge is -2.09. The van der Waals surface area contributed by atoms with Gasteiger partial charge in [0.15, 0.2) is 0 Å². The molecule has 4 nitrogen and oxygen atoms in total. The van der Waals surface area contributed by atoms with E-state index in [4.69, 9.17) is 4.74 Å². The summed E-state index contributed by atoms with van der Waals surface area (Å²) in [4.78, 5) is 1.29. The summed E-state index contributed by atoms with van der Waals surface area (Å²) in [5.74, 6) is 0.724. The number of nitrogens with one attached hydrogen (secondary N) is 1. The number of hydrogen-bond donors (Lipinski definition) is 1. The van der Waals surface area contributed by atoms with Crippen LogP contribution in [0.1, 0.15) is 0 Å². The van der Waals surface area contributed by atoms with Crippen LogP contribution in [0.3, 0.4) is 0 Å². The summed E-state index contributed by atoms with van der Waals surface area (Å²) in [6.07, 6.45) is 1.95. The smallest absolute Gasteiger partial charge is 0.240 e. The van der Waals surface area contributed by atoms with Crippen LogP contribution in [0.15, 0.2) is 76.5 Å². The molecule has 0 aromatic heterocycles. The van der Waals surface area contributed by atoms with Gasteiger partial charge in [-0.1, -0.05) is 30.3 Å². The minimum absolute atomic E-state index is 0.208. The van der Waals surface area contributed by atoms with Gasteiger partial charge in [0, 0.05) is 11.4 Å². The first-order chi connectivity index (χ1) is 12.1. The summed E-state index contributed by atoms with van der Waals surface area (Å²) >= 11 is 1.57. The molecule has 130 valence electrons. The Morgan fingerprint density at radius 3 is 2.40 bits per heavy atom. The van der Waals surface area contributed by atoms with Gasteiger partial charge in [-0.3, -0.25) is 0 Å². The van der Waals surface area contributed by atoms with Gasteiger partial charge in [-0.2, -0.15) is 0 Å². The average Bonchev–Trinajstić information content (AvgIpc) is 2.65. The van der Waals surface area contributed by atoms with Crippen LogP contribution in [-0.2, 0) is 10.0 Å². The van der Waals surface area contributed by atoms with Gasteiger partial charge >= 0.3 is 0 Å². The van der Waals surface area contributed by atoms with E-state index >= 15 is 0 Å². The van der Waals surface area contributed by atoms with Crippen LogP contribution in [0, 0.1) is 0 Å². The predicted octanol–water partition coefficient (Wildman–Crippen LogP) is 3.92.